The molecule has 0 aliphatic carbocycles. The van der Waals surface area contributed by atoms with Gasteiger partial charge in [0, 0.05) is 6.42 Å². The number of carbonyl (C=O) groups excluding carboxylic acids is 3. The summed E-state index contributed by atoms with van der Waals surface area (Å²) >= 11 is 0. The fourth-order valence-corrected chi connectivity index (χ4v) is 4.84. The molecule has 4 aromatic carbocycles. The molecule has 0 atom stereocenters. The lowest BCUT2D eigenvalue weighted by atomic mass is 10.0. The summed E-state index contributed by atoms with van der Waals surface area (Å²) < 4.78 is 39.5. The van der Waals surface area contributed by atoms with Gasteiger partial charge in [0.2, 0.25) is 5.83 Å². The zero-order valence-corrected chi connectivity index (χ0v) is 28.4. The molecule has 50 heavy (non-hydrogen) atoms. The van der Waals surface area contributed by atoms with E-state index >= 15 is 0 Å². The smallest absolute Gasteiger partial charge is 0.366 e. The zero-order valence-electron chi connectivity index (χ0n) is 28.4. The molecule has 8 nitrogen and oxygen atoms in total. The standard InChI is InChI=1S/C41H43FO8/c1-3-39(43)48-28-9-8-27-47-37-22-18-35(19-23-37)41(45)50-38-24-16-34(17-25-38)32-12-10-31(11-13-32)33-14-20-36(21-15-33)46-26-6-4-5-7-29-49-40(44)30(2)42/h10-25H,2-9,26-29H2,1H3. The lowest BCUT2D eigenvalue weighted by Crippen LogP contribution is -2.08. The Hall–Kier alpha value is -5.44. The van der Waals surface area contributed by atoms with Gasteiger partial charge in [-0.05, 0) is 109 Å². The topological polar surface area (TPSA) is 97.4 Å². The molecule has 4 rings (SSSR count). The third-order valence-corrected chi connectivity index (χ3v) is 7.68. The molecule has 9 heteroatoms. The molecular weight excluding hydrogens is 639 g/mol. The lowest BCUT2D eigenvalue weighted by molar-refractivity contribution is -0.143. The first-order valence-corrected chi connectivity index (χ1v) is 16.9. The van der Waals surface area contributed by atoms with E-state index in [1.54, 1.807) is 43.3 Å². The molecular formula is C41H43FO8. The Morgan fingerprint density at radius 1 is 0.540 bits per heavy atom. The van der Waals surface area contributed by atoms with E-state index in [9.17, 15) is 18.8 Å². The number of unbranched alkanes of at least 4 members (excludes halogenated alkanes) is 4. The highest BCUT2D eigenvalue weighted by Gasteiger charge is 2.10. The number of esters is 3. The molecule has 0 radical (unpaired) electrons. The van der Waals surface area contributed by atoms with Crippen LogP contribution >= 0.6 is 0 Å². The maximum atomic E-state index is 12.7. The summed E-state index contributed by atoms with van der Waals surface area (Å²) in [4.78, 5) is 34.9. The molecule has 0 bridgehead atoms. The molecule has 0 aliphatic heterocycles. The Morgan fingerprint density at radius 2 is 0.940 bits per heavy atom. The van der Waals surface area contributed by atoms with E-state index < -0.39 is 17.8 Å². The molecule has 0 N–H and O–H groups in total. The van der Waals surface area contributed by atoms with E-state index in [4.69, 9.17) is 23.7 Å². The van der Waals surface area contributed by atoms with E-state index in [2.05, 4.69) is 30.8 Å². The highest BCUT2D eigenvalue weighted by molar-refractivity contribution is 5.91. The first-order chi connectivity index (χ1) is 24.3. The van der Waals surface area contributed by atoms with Crippen LogP contribution in [-0.2, 0) is 19.1 Å². The Bertz CT molecular complexity index is 1660. The average molecular weight is 683 g/mol. The van der Waals surface area contributed by atoms with Gasteiger partial charge < -0.3 is 23.7 Å². The molecule has 0 saturated carbocycles. The van der Waals surface area contributed by atoms with E-state index in [1.165, 1.54) is 0 Å². The van der Waals surface area contributed by atoms with Gasteiger partial charge in [0.25, 0.3) is 0 Å². The Morgan fingerprint density at radius 3 is 1.44 bits per heavy atom. The van der Waals surface area contributed by atoms with Crippen molar-refractivity contribution in [3.8, 4) is 39.5 Å². The van der Waals surface area contributed by atoms with Gasteiger partial charge in [-0.15, -0.1) is 0 Å². The molecule has 0 fully saturated rings. The van der Waals surface area contributed by atoms with Gasteiger partial charge in [0.05, 0.1) is 32.0 Å². The minimum absolute atomic E-state index is 0.188. The Kier molecular flexibility index (Phi) is 15.1. The van der Waals surface area contributed by atoms with Crippen LogP contribution in [0, 0.1) is 0 Å². The predicted octanol–water partition coefficient (Wildman–Crippen LogP) is 9.32. The average Bonchev–Trinajstić information content (AvgIpc) is 3.14. The van der Waals surface area contributed by atoms with Crippen LogP contribution in [0.1, 0.15) is 62.2 Å². The first kappa shape index (κ1) is 37.4. The summed E-state index contributed by atoms with van der Waals surface area (Å²) in [6.45, 7) is 6.32. The zero-order chi connectivity index (χ0) is 35.6. The van der Waals surface area contributed by atoms with Gasteiger partial charge >= 0.3 is 17.9 Å². The van der Waals surface area contributed by atoms with Crippen molar-refractivity contribution < 1.29 is 42.5 Å². The largest absolute Gasteiger partial charge is 0.494 e. The van der Waals surface area contributed by atoms with Crippen LogP contribution in [0.15, 0.2) is 109 Å². The maximum Gasteiger partial charge on any atom is 0.366 e. The fraction of sp³-hybridized carbons (Fsp3) is 0.293. The molecule has 0 aliphatic rings. The van der Waals surface area contributed by atoms with Crippen LogP contribution < -0.4 is 14.2 Å². The quantitative estimate of drug-likeness (QED) is 0.0394. The van der Waals surface area contributed by atoms with Crippen LogP contribution in [0.5, 0.6) is 17.2 Å². The van der Waals surface area contributed by atoms with Crippen molar-refractivity contribution in [2.45, 2.75) is 51.9 Å². The molecule has 4 aromatic rings. The van der Waals surface area contributed by atoms with Crippen molar-refractivity contribution in [1.29, 1.82) is 0 Å². The van der Waals surface area contributed by atoms with E-state index in [1.807, 2.05) is 36.4 Å². The van der Waals surface area contributed by atoms with Crippen molar-refractivity contribution in [3.05, 3.63) is 115 Å². The number of carbonyl (C=O) groups is 3. The molecule has 0 saturated heterocycles. The van der Waals surface area contributed by atoms with E-state index in [-0.39, 0.29) is 12.6 Å². The monoisotopic (exact) mass is 682 g/mol. The second kappa shape index (κ2) is 20.2. The van der Waals surface area contributed by atoms with Crippen LogP contribution in [-0.4, -0.2) is 44.3 Å². The first-order valence-electron chi connectivity index (χ1n) is 16.9. The van der Waals surface area contributed by atoms with Crippen LogP contribution in [0.4, 0.5) is 4.39 Å². The van der Waals surface area contributed by atoms with Crippen molar-refractivity contribution in [2.24, 2.45) is 0 Å². The molecule has 0 unspecified atom stereocenters. The maximum absolute atomic E-state index is 12.7. The summed E-state index contributed by atoms with van der Waals surface area (Å²) in [6, 6.07) is 30.4. The summed E-state index contributed by atoms with van der Waals surface area (Å²) in [5, 5.41) is 0. The molecule has 0 heterocycles. The fourth-order valence-electron chi connectivity index (χ4n) is 4.84. The minimum Gasteiger partial charge on any atom is -0.494 e. The SMILES string of the molecule is C=C(F)C(=O)OCCCCCCOc1ccc(-c2ccc(-c3ccc(OC(=O)c4ccc(OCCCCOC(=O)CC)cc4)cc3)cc2)cc1. The summed E-state index contributed by atoms with van der Waals surface area (Å²) in [6.07, 6.45) is 5.17. The van der Waals surface area contributed by atoms with E-state index in [0.29, 0.717) is 49.7 Å². The number of benzene rings is 4. The second-order valence-corrected chi connectivity index (χ2v) is 11.5. The summed E-state index contributed by atoms with van der Waals surface area (Å²) in [5.74, 6) is -0.828. The Balaban J connectivity index is 1.16. The predicted molar refractivity (Wildman–Crippen MR) is 190 cm³/mol. The normalized spacial score (nSPS) is 10.6. The third-order valence-electron chi connectivity index (χ3n) is 7.68. The number of halogens is 1. The van der Waals surface area contributed by atoms with Gasteiger partial charge in [-0.2, -0.15) is 4.39 Å². The molecule has 262 valence electrons. The van der Waals surface area contributed by atoms with Crippen LogP contribution in [0.3, 0.4) is 0 Å². The van der Waals surface area contributed by atoms with Gasteiger partial charge in [-0.1, -0.05) is 62.0 Å². The highest BCUT2D eigenvalue weighted by Crippen LogP contribution is 2.28. The molecule has 0 aromatic heterocycles. The molecule has 0 spiro atoms. The summed E-state index contributed by atoms with van der Waals surface area (Å²) in [7, 11) is 0. The number of ether oxygens (including phenoxy) is 5. The van der Waals surface area contributed by atoms with Gasteiger partial charge in [0.15, 0.2) is 0 Å². The van der Waals surface area contributed by atoms with Crippen LogP contribution in [0.25, 0.3) is 22.3 Å². The van der Waals surface area contributed by atoms with Crippen molar-refractivity contribution in [1.82, 2.24) is 0 Å². The van der Waals surface area contributed by atoms with Gasteiger partial charge in [-0.25, -0.2) is 9.59 Å². The van der Waals surface area contributed by atoms with Crippen molar-refractivity contribution >= 4 is 17.9 Å². The number of hydrogen-bond donors (Lipinski definition) is 0. The van der Waals surface area contributed by atoms with E-state index in [0.717, 1.165) is 60.1 Å². The van der Waals surface area contributed by atoms with Crippen molar-refractivity contribution in [3.63, 3.8) is 0 Å². The Labute approximate surface area is 292 Å². The number of rotatable bonds is 20. The van der Waals surface area contributed by atoms with Crippen molar-refractivity contribution in [2.75, 3.05) is 26.4 Å². The highest BCUT2D eigenvalue weighted by atomic mass is 19.1. The second-order valence-electron chi connectivity index (χ2n) is 11.5. The third kappa shape index (κ3) is 12.5. The summed E-state index contributed by atoms with van der Waals surface area (Å²) in [5.41, 5.74) is 4.60. The van der Waals surface area contributed by atoms with Crippen LogP contribution in [0.2, 0.25) is 0 Å². The van der Waals surface area contributed by atoms with Gasteiger partial charge in [0.1, 0.15) is 17.2 Å². The minimum atomic E-state index is -1.07. The lowest BCUT2D eigenvalue weighted by Gasteiger charge is -2.09. The number of hydrogen-bond acceptors (Lipinski definition) is 8. The van der Waals surface area contributed by atoms with Gasteiger partial charge in [-0.3, -0.25) is 4.79 Å². The molecule has 0 amide bonds.